The van der Waals surface area contributed by atoms with Crippen molar-refractivity contribution in [2.24, 2.45) is 11.7 Å². The molecule has 7 nitrogen and oxygen atoms in total. The van der Waals surface area contributed by atoms with E-state index in [9.17, 15) is 14.3 Å². The van der Waals surface area contributed by atoms with E-state index in [0.717, 1.165) is 6.07 Å². The number of ether oxygens (including phenoxy) is 1. The van der Waals surface area contributed by atoms with Gasteiger partial charge in [-0.05, 0) is 19.1 Å². The quantitative estimate of drug-likeness (QED) is 0.344. The van der Waals surface area contributed by atoms with Crippen molar-refractivity contribution in [1.82, 2.24) is 5.43 Å². The summed E-state index contributed by atoms with van der Waals surface area (Å²) in [4.78, 5) is 11.3. The van der Waals surface area contributed by atoms with Crippen LogP contribution in [0.15, 0.2) is 12.1 Å². The third kappa shape index (κ3) is 2.67. The molecule has 0 spiro atoms. The highest BCUT2D eigenvalue weighted by molar-refractivity contribution is 5.91. The molecule has 18 heavy (non-hydrogen) atoms. The highest BCUT2D eigenvalue weighted by Gasteiger charge is 2.20. The average molecular weight is 258 g/mol. The molecule has 1 aromatic rings. The third-order valence-electron chi connectivity index (χ3n) is 2.24. The molecule has 0 saturated heterocycles. The number of aliphatic hydroxyl groups is 1. The SMILES string of the molecule is CCOc1c(F)ccc(N(N)C(=O)NN)c1CO. The lowest BCUT2D eigenvalue weighted by Gasteiger charge is -2.20. The van der Waals surface area contributed by atoms with Gasteiger partial charge in [-0.25, -0.2) is 25.9 Å². The fourth-order valence-corrected chi connectivity index (χ4v) is 1.45. The standard InChI is InChI=1S/C10H15FN4O3/c1-2-18-9-6(5-16)8(4-3-7(9)11)15(13)10(17)14-12/h3-4,16H,2,5,12-13H2,1H3,(H,14,17). The zero-order valence-corrected chi connectivity index (χ0v) is 9.81. The Bertz CT molecular complexity index is 441. The van der Waals surface area contributed by atoms with Gasteiger partial charge in [0.2, 0.25) is 0 Å². The van der Waals surface area contributed by atoms with Crippen molar-refractivity contribution in [2.75, 3.05) is 11.6 Å². The Labute approximate surface area is 103 Å². The van der Waals surface area contributed by atoms with Gasteiger partial charge in [0.15, 0.2) is 11.6 Å². The van der Waals surface area contributed by atoms with Crippen LogP contribution in [0.3, 0.4) is 0 Å². The first kappa shape index (κ1) is 14.2. The van der Waals surface area contributed by atoms with Crippen LogP contribution in [0, 0.1) is 5.82 Å². The van der Waals surface area contributed by atoms with E-state index in [1.165, 1.54) is 6.07 Å². The summed E-state index contributed by atoms with van der Waals surface area (Å²) in [6.45, 7) is 1.34. The number of nitrogens with zero attached hydrogens (tertiary/aromatic N) is 1. The smallest absolute Gasteiger partial charge is 0.350 e. The first-order valence-electron chi connectivity index (χ1n) is 5.17. The summed E-state index contributed by atoms with van der Waals surface area (Å²) in [5.41, 5.74) is 2.00. The number of benzene rings is 1. The van der Waals surface area contributed by atoms with E-state index in [0.29, 0.717) is 5.01 Å². The number of nitrogens with two attached hydrogens (primary N) is 2. The van der Waals surface area contributed by atoms with Gasteiger partial charge in [-0.2, -0.15) is 0 Å². The Balaban J connectivity index is 3.28. The highest BCUT2D eigenvalue weighted by Crippen LogP contribution is 2.31. The van der Waals surface area contributed by atoms with Crippen LogP contribution in [-0.2, 0) is 6.61 Å². The molecule has 0 fully saturated rings. The summed E-state index contributed by atoms with van der Waals surface area (Å²) >= 11 is 0. The number of halogens is 1. The van der Waals surface area contributed by atoms with E-state index in [1.54, 1.807) is 6.92 Å². The fraction of sp³-hybridized carbons (Fsp3) is 0.300. The van der Waals surface area contributed by atoms with E-state index >= 15 is 0 Å². The number of nitrogens with one attached hydrogen (secondary N) is 1. The normalized spacial score (nSPS) is 10.1. The van der Waals surface area contributed by atoms with Crippen LogP contribution in [0.5, 0.6) is 5.75 Å². The van der Waals surface area contributed by atoms with Crippen LogP contribution in [0.4, 0.5) is 14.9 Å². The van der Waals surface area contributed by atoms with Gasteiger partial charge < -0.3 is 9.84 Å². The lowest BCUT2D eigenvalue weighted by atomic mass is 10.1. The van der Waals surface area contributed by atoms with Crippen LogP contribution in [-0.4, -0.2) is 17.7 Å². The van der Waals surface area contributed by atoms with Gasteiger partial charge in [0, 0.05) is 5.56 Å². The maximum atomic E-state index is 13.5. The molecule has 100 valence electrons. The molecule has 1 rings (SSSR count). The predicted octanol–water partition coefficient (Wildman–Crippen LogP) is -0.0199. The Morgan fingerprint density at radius 3 is 2.78 bits per heavy atom. The lowest BCUT2D eigenvalue weighted by molar-refractivity contribution is 0.245. The van der Waals surface area contributed by atoms with E-state index in [-0.39, 0.29) is 23.6 Å². The molecule has 0 aliphatic heterocycles. The number of carbonyl (C=O) groups is 1. The van der Waals surface area contributed by atoms with Gasteiger partial charge in [0.1, 0.15) is 0 Å². The van der Waals surface area contributed by atoms with Gasteiger partial charge in [-0.1, -0.05) is 0 Å². The first-order chi connectivity index (χ1) is 8.56. The van der Waals surface area contributed by atoms with Gasteiger partial charge >= 0.3 is 6.03 Å². The Hall–Kier alpha value is -1.90. The molecule has 6 N–H and O–H groups in total. The van der Waals surface area contributed by atoms with Crippen molar-refractivity contribution in [3.8, 4) is 5.75 Å². The number of carbonyl (C=O) groups excluding carboxylic acids is 1. The fourth-order valence-electron chi connectivity index (χ4n) is 1.45. The Morgan fingerprint density at radius 1 is 1.61 bits per heavy atom. The zero-order valence-electron chi connectivity index (χ0n) is 9.81. The summed E-state index contributed by atoms with van der Waals surface area (Å²) in [5.74, 6) is 9.64. The van der Waals surface area contributed by atoms with Crippen molar-refractivity contribution in [3.63, 3.8) is 0 Å². The molecule has 0 unspecified atom stereocenters. The Morgan fingerprint density at radius 2 is 2.28 bits per heavy atom. The predicted molar refractivity (Wildman–Crippen MR) is 62.9 cm³/mol. The van der Waals surface area contributed by atoms with Crippen LogP contribution < -0.4 is 26.9 Å². The molecule has 0 heterocycles. The monoisotopic (exact) mass is 258 g/mol. The van der Waals surface area contributed by atoms with Crippen molar-refractivity contribution in [2.45, 2.75) is 13.5 Å². The molecular formula is C10H15FN4O3. The molecule has 0 radical (unpaired) electrons. The topological polar surface area (TPSA) is 114 Å². The number of hydrazine groups is 2. The number of hydrogen-bond donors (Lipinski definition) is 4. The minimum absolute atomic E-state index is 0.0722. The molecule has 0 bridgehead atoms. The second-order valence-electron chi connectivity index (χ2n) is 3.28. The van der Waals surface area contributed by atoms with E-state index in [4.69, 9.17) is 16.4 Å². The van der Waals surface area contributed by atoms with Gasteiger partial charge in [0.05, 0.1) is 18.9 Å². The maximum absolute atomic E-state index is 13.5. The number of amides is 2. The molecule has 0 aliphatic rings. The van der Waals surface area contributed by atoms with Crippen molar-refractivity contribution < 1.29 is 19.0 Å². The van der Waals surface area contributed by atoms with E-state index < -0.39 is 18.5 Å². The average Bonchev–Trinajstić information content (AvgIpc) is 2.39. The summed E-state index contributed by atoms with van der Waals surface area (Å²) in [5, 5.41) is 9.92. The molecular weight excluding hydrogens is 243 g/mol. The number of hydrogen-bond acceptors (Lipinski definition) is 5. The molecule has 2 amide bonds. The van der Waals surface area contributed by atoms with Gasteiger partial charge in [-0.15, -0.1) is 0 Å². The first-order valence-corrected chi connectivity index (χ1v) is 5.17. The van der Waals surface area contributed by atoms with Gasteiger partial charge in [-0.3, -0.25) is 5.43 Å². The van der Waals surface area contributed by atoms with E-state index in [2.05, 4.69) is 0 Å². The number of anilines is 1. The van der Waals surface area contributed by atoms with Crippen molar-refractivity contribution in [1.29, 1.82) is 0 Å². The second kappa shape index (κ2) is 6.15. The highest BCUT2D eigenvalue weighted by atomic mass is 19.1. The summed E-state index contributed by atoms with van der Waals surface area (Å²) in [7, 11) is 0. The number of urea groups is 1. The molecule has 0 saturated carbocycles. The Kier molecular flexibility index (Phi) is 4.84. The minimum Gasteiger partial charge on any atom is -0.490 e. The largest absolute Gasteiger partial charge is 0.490 e. The summed E-state index contributed by atoms with van der Waals surface area (Å²) in [6, 6.07) is 1.53. The zero-order chi connectivity index (χ0) is 13.7. The molecule has 0 aliphatic carbocycles. The third-order valence-corrected chi connectivity index (χ3v) is 2.24. The van der Waals surface area contributed by atoms with E-state index in [1.807, 2.05) is 5.43 Å². The molecule has 1 aromatic carbocycles. The summed E-state index contributed by atoms with van der Waals surface area (Å²) < 4.78 is 18.6. The molecule has 8 heteroatoms. The molecule has 0 atom stereocenters. The van der Waals surface area contributed by atoms with Crippen molar-refractivity contribution in [3.05, 3.63) is 23.5 Å². The number of aliphatic hydroxyl groups excluding tert-OH is 1. The van der Waals surface area contributed by atoms with Crippen molar-refractivity contribution >= 4 is 11.7 Å². The number of rotatable bonds is 4. The maximum Gasteiger partial charge on any atom is 0.350 e. The summed E-state index contributed by atoms with van der Waals surface area (Å²) in [6.07, 6.45) is 0. The van der Waals surface area contributed by atoms with Crippen LogP contribution in [0.25, 0.3) is 0 Å². The minimum atomic E-state index is -0.807. The van der Waals surface area contributed by atoms with Crippen LogP contribution in [0.1, 0.15) is 12.5 Å². The molecule has 0 aromatic heterocycles. The van der Waals surface area contributed by atoms with Crippen LogP contribution >= 0.6 is 0 Å². The second-order valence-corrected chi connectivity index (χ2v) is 3.28. The van der Waals surface area contributed by atoms with Gasteiger partial charge in [0.25, 0.3) is 0 Å². The van der Waals surface area contributed by atoms with Crippen LogP contribution in [0.2, 0.25) is 0 Å². The lowest BCUT2D eigenvalue weighted by Crippen LogP contribution is -2.48.